The summed E-state index contributed by atoms with van der Waals surface area (Å²) in [6.45, 7) is 5.91. The molecule has 6 heteroatoms. The number of hydrogen-bond acceptors (Lipinski definition) is 3. The summed E-state index contributed by atoms with van der Waals surface area (Å²) in [5.74, 6) is 0.0430. The predicted octanol–water partition coefficient (Wildman–Crippen LogP) is 0.751. The fourth-order valence-electron chi connectivity index (χ4n) is 1.26. The highest BCUT2D eigenvalue weighted by atomic mass is 28.4. The topological polar surface area (TPSA) is 82.9 Å². The fraction of sp³-hybridized carbons (Fsp3) is 0.875. The van der Waals surface area contributed by atoms with Crippen molar-refractivity contribution in [2.24, 2.45) is 16.5 Å². The molecule has 0 radical (unpaired) electrons. The third-order valence-electron chi connectivity index (χ3n) is 1.89. The van der Waals surface area contributed by atoms with Gasteiger partial charge in [0.25, 0.3) is 0 Å². The van der Waals surface area contributed by atoms with Crippen LogP contribution in [0.5, 0.6) is 0 Å². The van der Waals surface area contributed by atoms with E-state index in [0.29, 0.717) is 0 Å². The van der Waals surface area contributed by atoms with Crippen LogP contribution in [0.2, 0.25) is 12.6 Å². The smallest absolute Gasteiger partial charge is 0.336 e. The van der Waals surface area contributed by atoms with Crippen LogP contribution in [-0.2, 0) is 8.85 Å². The number of nitrogens with two attached hydrogens (primary N) is 2. The molecule has 0 amide bonds. The van der Waals surface area contributed by atoms with Crippen molar-refractivity contribution in [3.8, 4) is 0 Å². The molecule has 0 aliphatic rings. The summed E-state index contributed by atoms with van der Waals surface area (Å²) in [5.41, 5.74) is 10.5. The molecule has 4 N–H and O–H groups in total. The summed E-state index contributed by atoms with van der Waals surface area (Å²) < 4.78 is 11.1. The molecule has 5 nitrogen and oxygen atoms in total. The second-order valence-corrected chi connectivity index (χ2v) is 6.77. The molecule has 0 aromatic heterocycles. The first kappa shape index (κ1) is 13.4. The molecule has 2 unspecified atom stereocenters. The lowest BCUT2D eigenvalue weighted by Gasteiger charge is -2.26. The summed E-state index contributed by atoms with van der Waals surface area (Å²) in [6.07, 6.45) is 0.702. The van der Waals surface area contributed by atoms with Gasteiger partial charge < -0.3 is 20.3 Å². The van der Waals surface area contributed by atoms with Crippen molar-refractivity contribution in [3.05, 3.63) is 0 Å². The third kappa shape index (κ3) is 5.20. The Balaban J connectivity index is 4.23. The maximum atomic E-state index is 5.71. The summed E-state index contributed by atoms with van der Waals surface area (Å²) in [6, 6.07) is 0.938. The minimum absolute atomic E-state index is 0.0430. The van der Waals surface area contributed by atoms with E-state index in [1.807, 2.05) is 6.55 Å². The first-order chi connectivity index (χ1) is 6.43. The molecule has 0 rings (SSSR count). The minimum Gasteiger partial charge on any atom is -0.398 e. The zero-order chi connectivity index (χ0) is 11.2. The average Bonchev–Trinajstić information content (AvgIpc) is 2.02. The van der Waals surface area contributed by atoms with Crippen molar-refractivity contribution in [1.82, 2.24) is 0 Å². The molecular weight excluding hydrogens is 198 g/mol. The molecule has 0 fully saturated rings. The van der Waals surface area contributed by atoms with E-state index in [1.54, 1.807) is 14.0 Å². The van der Waals surface area contributed by atoms with Crippen LogP contribution in [0.4, 0.5) is 0 Å². The lowest BCUT2D eigenvalue weighted by molar-refractivity contribution is 0.151. The molecule has 0 aliphatic carbocycles. The molecule has 2 atom stereocenters. The highest BCUT2D eigenvalue weighted by Crippen LogP contribution is 2.17. The van der Waals surface area contributed by atoms with Crippen LogP contribution in [-0.4, -0.2) is 27.9 Å². The van der Waals surface area contributed by atoms with E-state index in [1.165, 1.54) is 0 Å². The minimum atomic E-state index is -2.07. The van der Waals surface area contributed by atoms with E-state index in [0.717, 1.165) is 12.5 Å². The fourth-order valence-corrected chi connectivity index (χ4v) is 3.36. The standard InChI is InChI=1S/C8H21N3O2Si/c1-5-6-14(4,12-3)13-7(2)11-8(9)10/h7H,5-6H2,1-4H3,(H4,9,10,11). The first-order valence-corrected chi connectivity index (χ1v) is 7.27. The van der Waals surface area contributed by atoms with E-state index in [-0.39, 0.29) is 12.2 Å². The molecule has 0 aliphatic heterocycles. The van der Waals surface area contributed by atoms with Crippen LogP contribution < -0.4 is 11.5 Å². The SMILES string of the molecule is CCC[Si](C)(OC)OC(C)N=C(N)N. The van der Waals surface area contributed by atoms with Crippen molar-refractivity contribution >= 4 is 14.5 Å². The molecule has 0 aromatic carbocycles. The van der Waals surface area contributed by atoms with Crippen LogP contribution in [0.15, 0.2) is 4.99 Å². The molecule has 0 saturated heterocycles. The van der Waals surface area contributed by atoms with Gasteiger partial charge in [0.2, 0.25) is 0 Å². The highest BCUT2D eigenvalue weighted by molar-refractivity contribution is 6.66. The normalized spacial score (nSPS) is 17.1. The Morgan fingerprint density at radius 1 is 1.50 bits per heavy atom. The molecular formula is C8H21N3O2Si. The molecule has 84 valence electrons. The Morgan fingerprint density at radius 3 is 2.43 bits per heavy atom. The summed E-state index contributed by atoms with van der Waals surface area (Å²) in [7, 11) is -0.401. The van der Waals surface area contributed by atoms with Gasteiger partial charge in [0, 0.05) is 7.11 Å². The largest absolute Gasteiger partial charge is 0.398 e. The van der Waals surface area contributed by atoms with Crippen molar-refractivity contribution < 1.29 is 8.85 Å². The second-order valence-electron chi connectivity index (χ2n) is 3.36. The summed E-state index contributed by atoms with van der Waals surface area (Å²) in [5, 5.41) is 0. The number of guanidine groups is 1. The Labute approximate surface area is 86.7 Å². The van der Waals surface area contributed by atoms with Gasteiger partial charge >= 0.3 is 8.56 Å². The Morgan fingerprint density at radius 2 is 2.07 bits per heavy atom. The highest BCUT2D eigenvalue weighted by Gasteiger charge is 2.31. The summed E-state index contributed by atoms with van der Waals surface area (Å²) in [4.78, 5) is 3.90. The summed E-state index contributed by atoms with van der Waals surface area (Å²) >= 11 is 0. The Hall–Kier alpha value is -0.593. The van der Waals surface area contributed by atoms with Crippen molar-refractivity contribution in [2.75, 3.05) is 7.11 Å². The van der Waals surface area contributed by atoms with Gasteiger partial charge in [0.1, 0.15) is 6.23 Å². The Bertz CT molecular complexity index is 197. The predicted molar refractivity (Wildman–Crippen MR) is 60.1 cm³/mol. The average molecular weight is 219 g/mol. The van der Waals surface area contributed by atoms with Crippen LogP contribution in [0, 0.1) is 0 Å². The van der Waals surface area contributed by atoms with Gasteiger partial charge in [0.15, 0.2) is 5.96 Å². The van der Waals surface area contributed by atoms with Gasteiger partial charge in [-0.15, -0.1) is 0 Å². The van der Waals surface area contributed by atoms with Crippen LogP contribution in [0.3, 0.4) is 0 Å². The number of aliphatic imine (C=N–C) groups is 1. The van der Waals surface area contributed by atoms with Crippen molar-refractivity contribution in [2.45, 2.75) is 39.1 Å². The lowest BCUT2D eigenvalue weighted by atomic mass is 10.6. The van der Waals surface area contributed by atoms with Gasteiger partial charge in [-0.25, -0.2) is 4.99 Å². The molecule has 14 heavy (non-hydrogen) atoms. The van der Waals surface area contributed by atoms with Crippen molar-refractivity contribution in [3.63, 3.8) is 0 Å². The molecule has 0 bridgehead atoms. The van der Waals surface area contributed by atoms with Crippen LogP contribution in [0.1, 0.15) is 20.3 Å². The van der Waals surface area contributed by atoms with E-state index in [2.05, 4.69) is 11.9 Å². The third-order valence-corrected chi connectivity index (χ3v) is 5.00. The zero-order valence-electron chi connectivity index (χ0n) is 9.41. The van der Waals surface area contributed by atoms with Gasteiger partial charge in [-0.1, -0.05) is 13.3 Å². The maximum absolute atomic E-state index is 5.71. The molecule has 0 spiro atoms. The van der Waals surface area contributed by atoms with Crippen LogP contribution >= 0.6 is 0 Å². The van der Waals surface area contributed by atoms with Gasteiger partial charge in [-0.05, 0) is 19.5 Å². The van der Waals surface area contributed by atoms with E-state index in [4.69, 9.17) is 20.3 Å². The monoisotopic (exact) mass is 219 g/mol. The zero-order valence-corrected chi connectivity index (χ0v) is 10.4. The number of rotatable bonds is 6. The van der Waals surface area contributed by atoms with Gasteiger partial charge in [-0.2, -0.15) is 0 Å². The Kier molecular flexibility index (Phi) is 5.74. The quantitative estimate of drug-likeness (QED) is 0.392. The molecule has 0 saturated carbocycles. The van der Waals surface area contributed by atoms with Crippen LogP contribution in [0.25, 0.3) is 0 Å². The van der Waals surface area contributed by atoms with E-state index < -0.39 is 8.56 Å². The number of nitrogens with zero attached hydrogens (tertiary/aromatic N) is 1. The molecule has 0 heterocycles. The molecule has 0 aromatic rings. The van der Waals surface area contributed by atoms with Crippen molar-refractivity contribution in [1.29, 1.82) is 0 Å². The second kappa shape index (κ2) is 6.00. The van der Waals surface area contributed by atoms with Gasteiger partial charge in [0.05, 0.1) is 0 Å². The van der Waals surface area contributed by atoms with E-state index >= 15 is 0 Å². The lowest BCUT2D eigenvalue weighted by Crippen LogP contribution is -2.40. The number of hydrogen-bond donors (Lipinski definition) is 2. The van der Waals surface area contributed by atoms with Gasteiger partial charge in [-0.3, -0.25) is 0 Å². The maximum Gasteiger partial charge on any atom is 0.336 e. The van der Waals surface area contributed by atoms with E-state index in [9.17, 15) is 0 Å². The first-order valence-electron chi connectivity index (χ1n) is 4.75.